The second-order valence-corrected chi connectivity index (χ2v) is 7.47. The Labute approximate surface area is 177 Å². The molecule has 3 amide bonds. The Kier molecular flexibility index (Phi) is 6.29. The number of nitriles is 1. The summed E-state index contributed by atoms with van der Waals surface area (Å²) in [6.07, 6.45) is 2.96. The number of amides is 3. The highest BCUT2D eigenvalue weighted by atomic mass is 16.6. The van der Waals surface area contributed by atoms with Gasteiger partial charge in [0.05, 0.1) is 28.0 Å². The van der Waals surface area contributed by atoms with Gasteiger partial charge in [-0.1, -0.05) is 12.8 Å². The van der Waals surface area contributed by atoms with Crippen LogP contribution in [0.5, 0.6) is 0 Å². The second kappa shape index (κ2) is 8.91. The highest BCUT2D eigenvalue weighted by Crippen LogP contribution is 2.38. The van der Waals surface area contributed by atoms with Gasteiger partial charge in [0.25, 0.3) is 11.6 Å². The van der Waals surface area contributed by atoms with Crippen LogP contribution in [0, 0.1) is 33.3 Å². The lowest BCUT2D eigenvalue weighted by Crippen LogP contribution is -2.45. The van der Waals surface area contributed by atoms with E-state index < -0.39 is 41.3 Å². The lowest BCUT2D eigenvalue weighted by Gasteiger charge is -2.21. The SMILES string of the molecule is C[C@@H](C(=O)OCC(=O)Nc1ccc([N+](=O)[O-])cc1C#N)N1C(=O)[C@H]2CCCC[C@H]2C1=O. The molecule has 1 aromatic rings. The van der Waals surface area contributed by atoms with Gasteiger partial charge in [0, 0.05) is 12.1 Å². The normalized spacial score (nSPS) is 21.1. The molecule has 2 fully saturated rings. The van der Waals surface area contributed by atoms with Crippen LogP contribution < -0.4 is 5.32 Å². The maximum atomic E-state index is 12.6. The van der Waals surface area contributed by atoms with Gasteiger partial charge in [0.2, 0.25) is 11.8 Å². The van der Waals surface area contributed by atoms with Crippen LogP contribution in [0.15, 0.2) is 18.2 Å². The predicted octanol–water partition coefficient (Wildman–Crippen LogP) is 1.51. The van der Waals surface area contributed by atoms with Crippen molar-refractivity contribution in [3.05, 3.63) is 33.9 Å². The van der Waals surface area contributed by atoms with E-state index in [4.69, 9.17) is 10.00 Å². The minimum absolute atomic E-state index is 0.0242. The lowest BCUT2D eigenvalue weighted by atomic mass is 9.81. The molecule has 0 radical (unpaired) electrons. The van der Waals surface area contributed by atoms with E-state index in [1.807, 2.05) is 0 Å². The van der Waals surface area contributed by atoms with Crippen LogP contribution in [0.2, 0.25) is 0 Å². The molecular weight excluding hydrogens is 408 g/mol. The maximum Gasteiger partial charge on any atom is 0.329 e. The lowest BCUT2D eigenvalue weighted by molar-refractivity contribution is -0.384. The number of fused-ring (bicyclic) bond motifs is 1. The average molecular weight is 428 g/mol. The van der Waals surface area contributed by atoms with E-state index in [1.165, 1.54) is 13.0 Å². The Bertz CT molecular complexity index is 976. The Morgan fingerprint density at radius 2 is 1.90 bits per heavy atom. The van der Waals surface area contributed by atoms with E-state index in [0.29, 0.717) is 12.8 Å². The zero-order valence-electron chi connectivity index (χ0n) is 16.7. The molecular formula is C20H20N4O7. The van der Waals surface area contributed by atoms with Gasteiger partial charge in [-0.3, -0.25) is 29.4 Å². The fraction of sp³-hybridized carbons (Fsp3) is 0.450. The number of nitrogens with one attached hydrogen (secondary N) is 1. The van der Waals surface area contributed by atoms with Crippen molar-refractivity contribution in [1.82, 2.24) is 4.90 Å². The molecule has 1 saturated heterocycles. The van der Waals surface area contributed by atoms with Crippen LogP contribution in [-0.2, 0) is 23.9 Å². The Morgan fingerprint density at radius 3 is 2.45 bits per heavy atom. The van der Waals surface area contributed by atoms with Gasteiger partial charge in [-0.25, -0.2) is 4.79 Å². The molecule has 11 nitrogen and oxygen atoms in total. The number of nitro benzene ring substituents is 1. The summed E-state index contributed by atoms with van der Waals surface area (Å²) >= 11 is 0. The van der Waals surface area contributed by atoms with Crippen molar-refractivity contribution in [1.29, 1.82) is 5.26 Å². The van der Waals surface area contributed by atoms with Crippen molar-refractivity contribution < 1.29 is 28.8 Å². The van der Waals surface area contributed by atoms with Crippen LogP contribution >= 0.6 is 0 Å². The molecule has 2 aliphatic rings. The molecule has 1 saturated carbocycles. The van der Waals surface area contributed by atoms with Crippen LogP contribution in [0.4, 0.5) is 11.4 Å². The molecule has 0 aromatic heterocycles. The van der Waals surface area contributed by atoms with E-state index in [0.717, 1.165) is 29.9 Å². The molecule has 1 aliphatic carbocycles. The van der Waals surface area contributed by atoms with E-state index in [-0.39, 0.29) is 28.8 Å². The van der Waals surface area contributed by atoms with Crippen molar-refractivity contribution in [2.24, 2.45) is 11.8 Å². The number of nitrogens with zero attached hydrogens (tertiary/aromatic N) is 3. The summed E-state index contributed by atoms with van der Waals surface area (Å²) in [5.41, 5.74) is -0.412. The number of hydrogen-bond donors (Lipinski definition) is 1. The number of benzene rings is 1. The molecule has 31 heavy (non-hydrogen) atoms. The van der Waals surface area contributed by atoms with E-state index in [2.05, 4.69) is 5.32 Å². The standard InChI is InChI=1S/C20H20N4O7/c1-11(23-18(26)14-4-2-3-5-15(14)19(23)27)20(28)31-10-17(25)22-16-7-6-13(24(29)30)8-12(16)9-21/h6-8,11,14-15H,2-5,10H2,1H3,(H,22,25)/t11-,14-,15+/m0/s1. The van der Waals surface area contributed by atoms with E-state index >= 15 is 0 Å². The Hall–Kier alpha value is -3.81. The first-order valence-corrected chi connectivity index (χ1v) is 9.76. The van der Waals surface area contributed by atoms with E-state index in [1.54, 1.807) is 6.07 Å². The first kappa shape index (κ1) is 21.9. The third kappa shape index (κ3) is 4.37. The number of imide groups is 1. The van der Waals surface area contributed by atoms with Crippen molar-refractivity contribution in [2.75, 3.05) is 11.9 Å². The third-order valence-electron chi connectivity index (χ3n) is 5.56. The number of ether oxygens (including phenoxy) is 1. The van der Waals surface area contributed by atoms with Gasteiger partial charge in [-0.05, 0) is 25.8 Å². The van der Waals surface area contributed by atoms with Gasteiger partial charge in [0.15, 0.2) is 6.61 Å². The number of carbonyl (C=O) groups excluding carboxylic acids is 4. The second-order valence-electron chi connectivity index (χ2n) is 7.47. The zero-order valence-corrected chi connectivity index (χ0v) is 16.7. The molecule has 3 rings (SSSR count). The predicted molar refractivity (Wildman–Crippen MR) is 104 cm³/mol. The number of likely N-dealkylation sites (tertiary alicyclic amines) is 1. The molecule has 1 aliphatic heterocycles. The van der Waals surface area contributed by atoms with Crippen LogP contribution in [0.3, 0.4) is 0 Å². The van der Waals surface area contributed by atoms with Gasteiger partial charge in [-0.15, -0.1) is 0 Å². The number of nitro groups is 1. The fourth-order valence-corrected chi connectivity index (χ4v) is 3.97. The van der Waals surface area contributed by atoms with Gasteiger partial charge < -0.3 is 10.1 Å². The molecule has 162 valence electrons. The summed E-state index contributed by atoms with van der Waals surface area (Å²) in [5.74, 6) is -3.24. The van der Waals surface area contributed by atoms with Crippen molar-refractivity contribution in [3.8, 4) is 6.07 Å². The molecule has 1 heterocycles. The molecule has 1 N–H and O–H groups in total. The molecule has 1 aromatic carbocycles. The number of rotatable bonds is 6. The first-order chi connectivity index (χ1) is 14.7. The highest BCUT2D eigenvalue weighted by molar-refractivity contribution is 6.08. The Balaban J connectivity index is 1.59. The topological polar surface area (TPSA) is 160 Å². The molecule has 0 bridgehead atoms. The van der Waals surface area contributed by atoms with Crippen LogP contribution in [-0.4, -0.2) is 46.2 Å². The number of anilines is 1. The van der Waals surface area contributed by atoms with Crippen LogP contribution in [0.25, 0.3) is 0 Å². The quantitative estimate of drug-likeness (QED) is 0.309. The van der Waals surface area contributed by atoms with E-state index in [9.17, 15) is 29.3 Å². The number of non-ortho nitro benzene ring substituents is 1. The summed E-state index contributed by atoms with van der Waals surface area (Å²) in [4.78, 5) is 60.6. The average Bonchev–Trinajstić information content (AvgIpc) is 3.02. The number of esters is 1. The monoisotopic (exact) mass is 428 g/mol. The largest absolute Gasteiger partial charge is 0.454 e. The zero-order chi connectivity index (χ0) is 22.7. The summed E-state index contributed by atoms with van der Waals surface area (Å²) in [6.45, 7) is 0.658. The number of carbonyl (C=O) groups is 4. The maximum absolute atomic E-state index is 12.6. The van der Waals surface area contributed by atoms with Crippen LogP contribution in [0.1, 0.15) is 38.2 Å². The Morgan fingerprint density at radius 1 is 1.29 bits per heavy atom. The molecule has 11 heteroatoms. The summed E-state index contributed by atoms with van der Waals surface area (Å²) in [6, 6.07) is 3.91. The van der Waals surface area contributed by atoms with Crippen molar-refractivity contribution >= 4 is 35.1 Å². The van der Waals surface area contributed by atoms with Gasteiger partial charge in [-0.2, -0.15) is 5.26 Å². The molecule has 3 atom stereocenters. The van der Waals surface area contributed by atoms with Gasteiger partial charge in [0.1, 0.15) is 12.1 Å². The van der Waals surface area contributed by atoms with Crippen molar-refractivity contribution in [3.63, 3.8) is 0 Å². The minimum Gasteiger partial charge on any atom is -0.454 e. The third-order valence-corrected chi connectivity index (χ3v) is 5.56. The fourth-order valence-electron chi connectivity index (χ4n) is 3.97. The first-order valence-electron chi connectivity index (χ1n) is 9.76. The van der Waals surface area contributed by atoms with Crippen molar-refractivity contribution in [2.45, 2.75) is 38.6 Å². The molecule has 0 spiro atoms. The summed E-state index contributed by atoms with van der Waals surface area (Å²) in [5, 5.41) is 22.2. The van der Waals surface area contributed by atoms with Gasteiger partial charge >= 0.3 is 5.97 Å². The summed E-state index contributed by atoms with van der Waals surface area (Å²) in [7, 11) is 0. The molecule has 0 unspecified atom stereocenters. The number of hydrogen-bond acceptors (Lipinski definition) is 8. The highest BCUT2D eigenvalue weighted by Gasteiger charge is 2.51. The minimum atomic E-state index is -1.16. The smallest absolute Gasteiger partial charge is 0.329 e. The summed E-state index contributed by atoms with van der Waals surface area (Å²) < 4.78 is 4.95.